The Morgan fingerprint density at radius 2 is 2.17 bits per heavy atom. The molecule has 1 aromatic carbocycles. The van der Waals surface area contributed by atoms with Gasteiger partial charge in [-0.3, -0.25) is 0 Å². The predicted molar refractivity (Wildman–Crippen MR) is 84.1 cm³/mol. The molecule has 0 radical (unpaired) electrons. The van der Waals surface area contributed by atoms with E-state index in [9.17, 15) is 13.2 Å². The van der Waals surface area contributed by atoms with Gasteiger partial charge in [0.25, 0.3) is 0 Å². The summed E-state index contributed by atoms with van der Waals surface area (Å²) in [6.45, 7) is 2.00. The topological polar surface area (TPSA) is 102 Å². The van der Waals surface area contributed by atoms with E-state index in [4.69, 9.17) is 9.88 Å². The van der Waals surface area contributed by atoms with E-state index in [2.05, 4.69) is 5.32 Å². The molecule has 1 saturated heterocycles. The predicted octanol–water partition coefficient (Wildman–Crippen LogP) is 0.654. The van der Waals surface area contributed by atoms with Crippen LogP contribution in [0.25, 0.3) is 0 Å². The van der Waals surface area contributed by atoms with Crippen LogP contribution in [0, 0.1) is 5.92 Å². The van der Waals surface area contributed by atoms with E-state index in [1.54, 1.807) is 12.1 Å². The lowest BCUT2D eigenvalue weighted by molar-refractivity contribution is 0.00463. The quantitative estimate of drug-likeness (QED) is 0.841. The number of benzene rings is 1. The minimum atomic E-state index is -3.74. The maximum absolute atomic E-state index is 12.4. The summed E-state index contributed by atoms with van der Waals surface area (Å²) < 4.78 is 28.2. The molecule has 23 heavy (non-hydrogen) atoms. The second kappa shape index (κ2) is 6.46. The molecule has 1 aliphatic carbocycles. The standard InChI is InChI=1S/C15H21N3O4S/c16-23(20,21)13-3-1-2-11(8-13)9-17-15(19)18-6-7-22-10-14(18)12-4-5-12/h1-3,8,12,14H,4-7,9-10H2,(H,17,19)(H2,16,20,21). The molecule has 0 spiro atoms. The highest BCUT2D eigenvalue weighted by atomic mass is 32.2. The van der Waals surface area contributed by atoms with Crippen LogP contribution in [0.1, 0.15) is 18.4 Å². The minimum absolute atomic E-state index is 0.0477. The van der Waals surface area contributed by atoms with Gasteiger partial charge in [-0.1, -0.05) is 12.1 Å². The Kier molecular flexibility index (Phi) is 4.56. The summed E-state index contributed by atoms with van der Waals surface area (Å²) in [6.07, 6.45) is 2.29. The number of carbonyl (C=O) groups is 1. The number of ether oxygens (including phenoxy) is 1. The van der Waals surface area contributed by atoms with E-state index < -0.39 is 10.0 Å². The molecule has 1 unspecified atom stereocenters. The summed E-state index contributed by atoms with van der Waals surface area (Å²) in [5.74, 6) is 0.548. The van der Waals surface area contributed by atoms with Crippen molar-refractivity contribution in [3.63, 3.8) is 0 Å². The zero-order valence-corrected chi connectivity index (χ0v) is 13.6. The fourth-order valence-corrected chi connectivity index (χ4v) is 3.44. The highest BCUT2D eigenvalue weighted by Crippen LogP contribution is 2.36. The van der Waals surface area contributed by atoms with Crippen LogP contribution in [-0.2, 0) is 21.3 Å². The smallest absolute Gasteiger partial charge is 0.318 e. The van der Waals surface area contributed by atoms with Crippen LogP contribution >= 0.6 is 0 Å². The van der Waals surface area contributed by atoms with Gasteiger partial charge < -0.3 is 15.0 Å². The lowest BCUT2D eigenvalue weighted by Gasteiger charge is -2.35. The summed E-state index contributed by atoms with van der Waals surface area (Å²) >= 11 is 0. The molecular formula is C15H21N3O4S. The molecule has 1 atom stereocenters. The molecule has 2 aliphatic rings. The number of nitrogens with zero attached hydrogens (tertiary/aromatic N) is 1. The van der Waals surface area contributed by atoms with Gasteiger partial charge in [0.1, 0.15) is 0 Å². The molecule has 1 heterocycles. The number of primary sulfonamides is 1. The number of sulfonamides is 1. The van der Waals surface area contributed by atoms with E-state index in [-0.39, 0.29) is 23.5 Å². The Hall–Kier alpha value is -1.64. The van der Waals surface area contributed by atoms with Gasteiger partial charge in [0.05, 0.1) is 24.2 Å². The fraction of sp³-hybridized carbons (Fsp3) is 0.533. The third kappa shape index (κ3) is 4.01. The van der Waals surface area contributed by atoms with Gasteiger partial charge in [0.2, 0.25) is 10.0 Å². The monoisotopic (exact) mass is 339 g/mol. The molecular weight excluding hydrogens is 318 g/mol. The second-order valence-electron chi connectivity index (χ2n) is 6.02. The normalized spacial score (nSPS) is 22.0. The molecule has 2 amide bonds. The van der Waals surface area contributed by atoms with Crippen LogP contribution in [0.3, 0.4) is 0 Å². The lowest BCUT2D eigenvalue weighted by Crippen LogP contribution is -2.53. The maximum Gasteiger partial charge on any atom is 0.318 e. The molecule has 0 bridgehead atoms. The summed E-state index contributed by atoms with van der Waals surface area (Å²) in [4.78, 5) is 14.3. The maximum atomic E-state index is 12.4. The average Bonchev–Trinajstić information content (AvgIpc) is 3.37. The van der Waals surface area contributed by atoms with Crippen molar-refractivity contribution in [2.24, 2.45) is 11.1 Å². The SMILES string of the molecule is NS(=O)(=O)c1cccc(CNC(=O)N2CCOCC2C2CC2)c1. The van der Waals surface area contributed by atoms with Crippen molar-refractivity contribution in [1.82, 2.24) is 10.2 Å². The summed E-state index contributed by atoms with van der Waals surface area (Å²) in [5.41, 5.74) is 0.695. The summed E-state index contributed by atoms with van der Waals surface area (Å²) in [7, 11) is -3.74. The van der Waals surface area contributed by atoms with Crippen molar-refractivity contribution < 1.29 is 17.9 Å². The Labute approximate surface area is 135 Å². The van der Waals surface area contributed by atoms with Crippen LogP contribution in [0.5, 0.6) is 0 Å². The first-order chi connectivity index (χ1) is 10.9. The molecule has 1 saturated carbocycles. The van der Waals surface area contributed by atoms with Crippen molar-refractivity contribution in [1.29, 1.82) is 0 Å². The van der Waals surface area contributed by atoms with E-state index in [1.165, 1.54) is 12.1 Å². The zero-order valence-electron chi connectivity index (χ0n) is 12.8. The average molecular weight is 339 g/mol. The number of amides is 2. The third-order valence-electron chi connectivity index (χ3n) is 4.26. The highest BCUT2D eigenvalue weighted by molar-refractivity contribution is 7.89. The van der Waals surface area contributed by atoms with E-state index in [1.807, 2.05) is 4.90 Å². The van der Waals surface area contributed by atoms with Crippen LogP contribution in [-0.4, -0.2) is 45.1 Å². The van der Waals surface area contributed by atoms with Gasteiger partial charge in [0.15, 0.2) is 0 Å². The molecule has 2 fully saturated rings. The lowest BCUT2D eigenvalue weighted by atomic mass is 10.1. The van der Waals surface area contributed by atoms with Gasteiger partial charge >= 0.3 is 6.03 Å². The Morgan fingerprint density at radius 3 is 2.87 bits per heavy atom. The Balaban J connectivity index is 1.62. The number of rotatable bonds is 4. The van der Waals surface area contributed by atoms with Gasteiger partial charge in [0, 0.05) is 13.1 Å². The molecule has 1 aliphatic heterocycles. The van der Waals surface area contributed by atoms with E-state index >= 15 is 0 Å². The number of hydrogen-bond acceptors (Lipinski definition) is 4. The Bertz CT molecular complexity index is 688. The van der Waals surface area contributed by atoms with Crippen molar-refractivity contribution in [3.05, 3.63) is 29.8 Å². The van der Waals surface area contributed by atoms with Crippen molar-refractivity contribution in [3.8, 4) is 0 Å². The molecule has 3 N–H and O–H groups in total. The van der Waals surface area contributed by atoms with Crippen molar-refractivity contribution in [2.75, 3.05) is 19.8 Å². The van der Waals surface area contributed by atoms with Crippen LogP contribution in [0.4, 0.5) is 4.79 Å². The first-order valence-electron chi connectivity index (χ1n) is 7.69. The summed E-state index contributed by atoms with van der Waals surface area (Å²) in [5, 5.41) is 7.98. The number of morpholine rings is 1. The number of hydrogen-bond donors (Lipinski definition) is 2. The number of nitrogens with two attached hydrogens (primary N) is 1. The molecule has 0 aromatic heterocycles. The number of carbonyl (C=O) groups excluding carboxylic acids is 1. The van der Waals surface area contributed by atoms with E-state index in [0.717, 1.165) is 12.8 Å². The molecule has 8 heteroatoms. The fourth-order valence-electron chi connectivity index (χ4n) is 2.86. The van der Waals surface area contributed by atoms with Gasteiger partial charge in [-0.2, -0.15) is 0 Å². The summed E-state index contributed by atoms with van der Waals surface area (Å²) in [6, 6.07) is 6.31. The second-order valence-corrected chi connectivity index (χ2v) is 7.59. The highest BCUT2D eigenvalue weighted by Gasteiger charge is 2.39. The van der Waals surface area contributed by atoms with Gasteiger partial charge in [-0.25, -0.2) is 18.4 Å². The minimum Gasteiger partial charge on any atom is -0.377 e. The zero-order chi connectivity index (χ0) is 16.4. The molecule has 7 nitrogen and oxygen atoms in total. The van der Waals surface area contributed by atoms with Gasteiger partial charge in [-0.05, 0) is 36.5 Å². The van der Waals surface area contributed by atoms with Crippen molar-refractivity contribution in [2.45, 2.75) is 30.3 Å². The third-order valence-corrected chi connectivity index (χ3v) is 5.17. The van der Waals surface area contributed by atoms with Crippen LogP contribution in [0.15, 0.2) is 29.2 Å². The molecule has 1 aromatic rings. The first kappa shape index (κ1) is 16.2. The first-order valence-corrected chi connectivity index (χ1v) is 9.24. The van der Waals surface area contributed by atoms with E-state index in [0.29, 0.717) is 31.2 Å². The molecule has 3 rings (SSSR count). The number of urea groups is 1. The largest absolute Gasteiger partial charge is 0.377 e. The molecule has 126 valence electrons. The van der Waals surface area contributed by atoms with Crippen LogP contribution in [0.2, 0.25) is 0 Å². The van der Waals surface area contributed by atoms with Crippen molar-refractivity contribution >= 4 is 16.1 Å². The van der Waals surface area contributed by atoms with Crippen LogP contribution < -0.4 is 10.5 Å². The van der Waals surface area contributed by atoms with Gasteiger partial charge in [-0.15, -0.1) is 0 Å². The number of nitrogens with one attached hydrogen (secondary N) is 1. The Morgan fingerprint density at radius 1 is 1.39 bits per heavy atom.